The molecule has 12 rings (SSSR count). The summed E-state index contributed by atoms with van der Waals surface area (Å²) < 4.78 is 6.13. The Morgan fingerprint density at radius 1 is 0.556 bits per heavy atom. The fourth-order valence-electron chi connectivity index (χ4n) is 10.2. The second-order valence-electron chi connectivity index (χ2n) is 15.3. The predicted octanol–water partition coefficient (Wildman–Crippen LogP) is 13.7. The van der Waals surface area contributed by atoms with Gasteiger partial charge in [0.1, 0.15) is 11.2 Å². The summed E-state index contributed by atoms with van der Waals surface area (Å²) in [6.07, 6.45) is 14.0. The van der Waals surface area contributed by atoms with Gasteiger partial charge in [-0.1, -0.05) is 139 Å². The van der Waals surface area contributed by atoms with Crippen molar-refractivity contribution in [1.29, 1.82) is 0 Å². The first kappa shape index (κ1) is 29.9. The number of aryl methyl sites for hydroxylation is 1. The average Bonchev–Trinajstić information content (AvgIpc) is 3.59. The Kier molecular flexibility index (Phi) is 6.06. The van der Waals surface area contributed by atoms with E-state index in [9.17, 15) is 0 Å². The third-order valence-electron chi connectivity index (χ3n) is 12.6. The molecule has 1 heterocycles. The molecule has 1 saturated carbocycles. The SMILES string of the molecule is Cc1cccc(-c2ccc(N(c3ccc(-c4ccc5oc6ccccc6c5c4)cc3)c3ccc4c5c(cccc35)C43C4=CC=CC5=CC=CC3C54)cc2)c1. The number of anilines is 3. The van der Waals surface area contributed by atoms with Gasteiger partial charge in [-0.3, -0.25) is 0 Å². The van der Waals surface area contributed by atoms with Crippen LogP contribution in [-0.2, 0) is 5.41 Å². The van der Waals surface area contributed by atoms with E-state index in [1.807, 2.05) is 12.1 Å². The van der Waals surface area contributed by atoms with Crippen LogP contribution >= 0.6 is 0 Å². The maximum atomic E-state index is 6.13. The standard InChI is InChI=1S/C52H35NO/c1-32-8-4-11-36(30-32)33-18-23-38(24-19-33)53(39-25-20-34(21-26-39)37-22-29-49-42(31-37)40-12-2-3-17-48(40)54-49)47-28-27-46-51-41(47)13-7-16-45(51)52(46)43-14-5-9-35-10-6-15-44(52)50(35)43/h2-31,43,50H,1H3. The van der Waals surface area contributed by atoms with E-state index in [-0.39, 0.29) is 5.41 Å². The highest BCUT2D eigenvalue weighted by Crippen LogP contribution is 2.71. The van der Waals surface area contributed by atoms with Crippen LogP contribution in [0.2, 0.25) is 0 Å². The van der Waals surface area contributed by atoms with Crippen molar-refractivity contribution in [2.45, 2.75) is 12.3 Å². The zero-order valence-corrected chi connectivity index (χ0v) is 29.8. The van der Waals surface area contributed by atoms with Crippen molar-refractivity contribution >= 4 is 49.8 Å². The molecule has 54 heavy (non-hydrogen) atoms. The van der Waals surface area contributed by atoms with Crippen LogP contribution in [0.25, 0.3) is 55.0 Å². The fraction of sp³-hybridized carbons (Fsp3) is 0.0769. The van der Waals surface area contributed by atoms with Gasteiger partial charge >= 0.3 is 0 Å². The number of para-hydroxylation sites is 1. The average molecular weight is 690 g/mol. The lowest BCUT2D eigenvalue weighted by molar-refractivity contribution is 0.233. The van der Waals surface area contributed by atoms with E-state index in [1.165, 1.54) is 61.0 Å². The van der Waals surface area contributed by atoms with Crippen LogP contribution in [0.5, 0.6) is 0 Å². The molecule has 1 spiro atoms. The summed E-state index contributed by atoms with van der Waals surface area (Å²) in [4.78, 5) is 2.44. The van der Waals surface area contributed by atoms with Gasteiger partial charge in [-0.15, -0.1) is 0 Å². The molecule has 0 radical (unpaired) electrons. The van der Waals surface area contributed by atoms with Gasteiger partial charge in [0, 0.05) is 39.4 Å². The maximum absolute atomic E-state index is 6.13. The molecule has 0 amide bonds. The Morgan fingerprint density at radius 2 is 1.26 bits per heavy atom. The quantitative estimate of drug-likeness (QED) is 0.179. The summed E-state index contributed by atoms with van der Waals surface area (Å²) in [6, 6.07) is 53.5. The van der Waals surface area contributed by atoms with Crippen LogP contribution in [0.4, 0.5) is 17.1 Å². The van der Waals surface area contributed by atoms with E-state index in [0.29, 0.717) is 11.8 Å². The molecule has 0 saturated heterocycles. The lowest BCUT2D eigenvalue weighted by Crippen LogP contribution is -2.59. The molecule has 4 aliphatic carbocycles. The van der Waals surface area contributed by atoms with Crippen LogP contribution in [0.3, 0.4) is 0 Å². The Labute approximate surface area is 314 Å². The molecule has 7 aromatic carbocycles. The molecule has 0 N–H and O–H groups in total. The molecular weight excluding hydrogens is 655 g/mol. The van der Waals surface area contributed by atoms with Gasteiger partial charge in [0.05, 0.1) is 11.1 Å². The van der Waals surface area contributed by atoms with E-state index in [2.05, 4.69) is 182 Å². The van der Waals surface area contributed by atoms with E-state index >= 15 is 0 Å². The van der Waals surface area contributed by atoms with Gasteiger partial charge < -0.3 is 9.32 Å². The van der Waals surface area contributed by atoms with Crippen molar-refractivity contribution in [3.05, 3.63) is 210 Å². The van der Waals surface area contributed by atoms with E-state index in [4.69, 9.17) is 4.42 Å². The van der Waals surface area contributed by atoms with Crippen LogP contribution in [-0.4, -0.2) is 0 Å². The summed E-state index contributed by atoms with van der Waals surface area (Å²) in [5.41, 5.74) is 17.3. The normalized spacial score (nSPS) is 20.1. The highest BCUT2D eigenvalue weighted by Gasteiger charge is 2.64. The molecule has 4 aliphatic rings. The molecule has 2 nitrogen and oxygen atoms in total. The van der Waals surface area contributed by atoms with E-state index in [0.717, 1.165) is 33.3 Å². The highest BCUT2D eigenvalue weighted by molar-refractivity contribution is 6.09. The van der Waals surface area contributed by atoms with E-state index < -0.39 is 0 Å². The largest absolute Gasteiger partial charge is 0.456 e. The smallest absolute Gasteiger partial charge is 0.135 e. The summed E-state index contributed by atoms with van der Waals surface area (Å²) in [6.45, 7) is 2.15. The molecule has 3 unspecified atom stereocenters. The topological polar surface area (TPSA) is 16.4 Å². The third-order valence-corrected chi connectivity index (χ3v) is 12.6. The minimum atomic E-state index is -0.0256. The van der Waals surface area contributed by atoms with Crippen molar-refractivity contribution in [3.63, 3.8) is 0 Å². The Hall–Kier alpha value is -6.64. The molecule has 1 fully saturated rings. The first-order valence-electron chi connectivity index (χ1n) is 19.0. The first-order valence-corrected chi connectivity index (χ1v) is 19.0. The number of hydrogen-bond donors (Lipinski definition) is 0. The van der Waals surface area contributed by atoms with Crippen molar-refractivity contribution in [1.82, 2.24) is 0 Å². The molecule has 0 bridgehead atoms. The lowest BCUT2D eigenvalue weighted by Gasteiger charge is -2.64. The summed E-state index contributed by atoms with van der Waals surface area (Å²) >= 11 is 0. The molecule has 1 aromatic heterocycles. The van der Waals surface area contributed by atoms with Gasteiger partial charge in [-0.05, 0) is 105 Å². The molecular formula is C52H35NO. The molecule has 0 aliphatic heterocycles. The van der Waals surface area contributed by atoms with Crippen LogP contribution in [0.1, 0.15) is 16.7 Å². The monoisotopic (exact) mass is 689 g/mol. The zero-order valence-electron chi connectivity index (χ0n) is 29.8. The van der Waals surface area contributed by atoms with Crippen LogP contribution in [0, 0.1) is 18.8 Å². The number of allylic oxidation sites excluding steroid dienone is 8. The van der Waals surface area contributed by atoms with Crippen molar-refractivity contribution in [2.24, 2.45) is 11.8 Å². The fourth-order valence-corrected chi connectivity index (χ4v) is 10.2. The van der Waals surface area contributed by atoms with E-state index in [1.54, 1.807) is 5.57 Å². The second-order valence-corrected chi connectivity index (χ2v) is 15.3. The van der Waals surface area contributed by atoms with Gasteiger partial charge in [0.2, 0.25) is 0 Å². The summed E-state index contributed by atoms with van der Waals surface area (Å²) in [7, 11) is 0. The van der Waals surface area contributed by atoms with Crippen molar-refractivity contribution < 1.29 is 4.42 Å². The van der Waals surface area contributed by atoms with Crippen molar-refractivity contribution in [2.75, 3.05) is 4.90 Å². The van der Waals surface area contributed by atoms with Crippen molar-refractivity contribution in [3.8, 4) is 22.3 Å². The highest BCUT2D eigenvalue weighted by atomic mass is 16.3. The second kappa shape index (κ2) is 10.9. The first-order chi connectivity index (χ1) is 26.7. The summed E-state index contributed by atoms with van der Waals surface area (Å²) in [5, 5.41) is 5.00. The number of rotatable bonds is 5. The molecule has 254 valence electrons. The Bertz CT molecular complexity index is 2990. The number of nitrogens with zero attached hydrogens (tertiary/aromatic N) is 1. The minimum absolute atomic E-state index is 0.0256. The number of benzene rings is 7. The van der Waals surface area contributed by atoms with Gasteiger partial charge in [0.25, 0.3) is 0 Å². The Balaban J connectivity index is 0.987. The number of furan rings is 1. The third kappa shape index (κ3) is 3.95. The van der Waals surface area contributed by atoms with Crippen LogP contribution in [0.15, 0.2) is 198 Å². The lowest BCUT2D eigenvalue weighted by atomic mass is 9.38. The summed E-state index contributed by atoms with van der Waals surface area (Å²) in [5.74, 6) is 0.965. The van der Waals surface area contributed by atoms with Gasteiger partial charge in [-0.2, -0.15) is 0 Å². The van der Waals surface area contributed by atoms with Crippen LogP contribution < -0.4 is 4.90 Å². The van der Waals surface area contributed by atoms with Gasteiger partial charge in [0.15, 0.2) is 0 Å². The molecule has 2 heteroatoms. The zero-order chi connectivity index (χ0) is 35.5. The maximum Gasteiger partial charge on any atom is 0.135 e. The minimum Gasteiger partial charge on any atom is -0.456 e. The predicted molar refractivity (Wildman–Crippen MR) is 224 cm³/mol. The van der Waals surface area contributed by atoms with Gasteiger partial charge in [-0.25, -0.2) is 0 Å². The number of hydrogen-bond acceptors (Lipinski definition) is 2. The number of fused-ring (bicyclic) bond motifs is 7. The Morgan fingerprint density at radius 3 is 2.07 bits per heavy atom. The molecule has 3 atom stereocenters. The molecule has 8 aromatic rings.